The molecular formula is C11H13N3O3S. The smallest absolute Gasteiger partial charge is 0.241 e. The Morgan fingerprint density at radius 2 is 2.00 bits per heavy atom. The minimum absolute atomic E-state index is 0.0102. The van der Waals surface area contributed by atoms with Crippen molar-refractivity contribution in [3.63, 3.8) is 0 Å². The highest BCUT2D eigenvalue weighted by Crippen LogP contribution is 2.13. The summed E-state index contributed by atoms with van der Waals surface area (Å²) >= 11 is 0. The van der Waals surface area contributed by atoms with Crippen LogP contribution in [-0.2, 0) is 16.6 Å². The zero-order chi connectivity index (χ0) is 13.2. The molecular weight excluding hydrogens is 254 g/mol. The minimum Gasteiger partial charge on any atom is -0.497 e. The van der Waals surface area contributed by atoms with Crippen molar-refractivity contribution in [3.05, 3.63) is 42.2 Å². The van der Waals surface area contributed by atoms with E-state index in [9.17, 15) is 8.42 Å². The molecule has 6 nitrogen and oxygen atoms in total. The lowest BCUT2D eigenvalue weighted by molar-refractivity contribution is 0.414. The Balaban J connectivity index is 2.16. The van der Waals surface area contributed by atoms with Crippen LogP contribution in [0.2, 0.25) is 0 Å². The maximum Gasteiger partial charge on any atom is 0.241 e. The molecule has 0 bridgehead atoms. The van der Waals surface area contributed by atoms with Crippen LogP contribution < -0.4 is 9.88 Å². The molecule has 0 saturated carbocycles. The first-order valence-corrected chi connectivity index (χ1v) is 6.72. The molecule has 0 spiro atoms. The van der Waals surface area contributed by atoms with Gasteiger partial charge in [0, 0.05) is 6.20 Å². The summed E-state index contributed by atoms with van der Waals surface area (Å²) in [4.78, 5) is 0.0102. The van der Waals surface area contributed by atoms with Gasteiger partial charge in [0.2, 0.25) is 10.0 Å². The van der Waals surface area contributed by atoms with E-state index in [1.807, 2.05) is 24.3 Å². The van der Waals surface area contributed by atoms with Crippen molar-refractivity contribution < 1.29 is 13.2 Å². The van der Waals surface area contributed by atoms with Crippen LogP contribution in [0.4, 0.5) is 0 Å². The van der Waals surface area contributed by atoms with E-state index in [1.54, 1.807) is 7.11 Å². The molecule has 2 rings (SSSR count). The highest BCUT2D eigenvalue weighted by Gasteiger charge is 2.10. The van der Waals surface area contributed by atoms with Crippen LogP contribution >= 0.6 is 0 Å². The number of methoxy groups -OCH3 is 1. The fraction of sp³-hybridized carbons (Fsp3) is 0.182. The number of nitrogens with zero attached hydrogens (tertiary/aromatic N) is 2. The van der Waals surface area contributed by atoms with Crippen LogP contribution in [0.5, 0.6) is 5.75 Å². The third kappa shape index (κ3) is 2.88. The predicted octanol–water partition coefficient (Wildman–Crippen LogP) is 0.587. The number of hydrogen-bond acceptors (Lipinski definition) is 4. The lowest BCUT2D eigenvalue weighted by Gasteiger charge is -2.03. The second kappa shape index (κ2) is 4.79. The number of ether oxygens (including phenoxy) is 1. The summed E-state index contributed by atoms with van der Waals surface area (Å²) in [5.41, 5.74) is 0.986. The topological polar surface area (TPSA) is 87.2 Å². The summed E-state index contributed by atoms with van der Waals surface area (Å²) in [5, 5.41) is 8.95. The number of sulfonamides is 1. The second-order valence-electron chi connectivity index (χ2n) is 3.77. The van der Waals surface area contributed by atoms with E-state index in [-0.39, 0.29) is 4.90 Å². The Hall–Kier alpha value is -1.86. The number of hydrogen-bond donors (Lipinski definition) is 1. The van der Waals surface area contributed by atoms with Crippen molar-refractivity contribution in [1.29, 1.82) is 0 Å². The fourth-order valence-corrected chi connectivity index (χ4v) is 1.96. The Morgan fingerprint density at radius 1 is 1.33 bits per heavy atom. The van der Waals surface area contributed by atoms with Gasteiger partial charge >= 0.3 is 0 Å². The zero-order valence-corrected chi connectivity index (χ0v) is 10.6. The van der Waals surface area contributed by atoms with E-state index in [0.717, 1.165) is 11.3 Å². The van der Waals surface area contributed by atoms with Gasteiger partial charge in [0.1, 0.15) is 10.6 Å². The molecule has 0 saturated heterocycles. The van der Waals surface area contributed by atoms with Crippen molar-refractivity contribution >= 4 is 10.0 Å². The number of aromatic nitrogens is 2. The lowest BCUT2D eigenvalue weighted by Crippen LogP contribution is -2.11. The van der Waals surface area contributed by atoms with Crippen molar-refractivity contribution in [1.82, 2.24) is 9.78 Å². The maximum absolute atomic E-state index is 11.1. The molecule has 7 heteroatoms. The summed E-state index contributed by atoms with van der Waals surface area (Å²) in [6.07, 6.45) is 2.64. The summed E-state index contributed by atoms with van der Waals surface area (Å²) in [6, 6.07) is 7.44. The van der Waals surface area contributed by atoms with Gasteiger partial charge in [0.25, 0.3) is 0 Å². The largest absolute Gasteiger partial charge is 0.497 e. The van der Waals surface area contributed by atoms with E-state index < -0.39 is 10.0 Å². The van der Waals surface area contributed by atoms with Gasteiger partial charge in [-0.1, -0.05) is 12.1 Å². The molecule has 0 radical (unpaired) electrons. The van der Waals surface area contributed by atoms with E-state index in [1.165, 1.54) is 17.1 Å². The minimum atomic E-state index is -3.69. The average Bonchev–Trinajstić information content (AvgIpc) is 2.78. The first-order valence-electron chi connectivity index (χ1n) is 5.17. The van der Waals surface area contributed by atoms with Crippen molar-refractivity contribution in [3.8, 4) is 5.75 Å². The monoisotopic (exact) mass is 267 g/mol. The molecule has 0 aliphatic carbocycles. The molecule has 0 atom stereocenters. The third-order valence-corrected chi connectivity index (χ3v) is 3.31. The van der Waals surface area contributed by atoms with Crippen LogP contribution in [0, 0.1) is 0 Å². The van der Waals surface area contributed by atoms with Crippen LogP contribution in [-0.4, -0.2) is 25.3 Å². The first-order chi connectivity index (χ1) is 8.49. The normalized spacial score (nSPS) is 11.4. The third-order valence-electron chi connectivity index (χ3n) is 2.44. The summed E-state index contributed by atoms with van der Waals surface area (Å²) in [6.45, 7) is 0.472. The van der Waals surface area contributed by atoms with Crippen LogP contribution in [0.25, 0.3) is 0 Å². The van der Waals surface area contributed by atoms with Gasteiger partial charge in [-0.15, -0.1) is 0 Å². The summed E-state index contributed by atoms with van der Waals surface area (Å²) in [5.74, 6) is 0.768. The molecule has 0 aliphatic rings. The Morgan fingerprint density at radius 3 is 2.50 bits per heavy atom. The summed E-state index contributed by atoms with van der Waals surface area (Å²) < 4.78 is 28.7. The lowest BCUT2D eigenvalue weighted by atomic mass is 10.2. The molecule has 0 unspecified atom stereocenters. The van der Waals surface area contributed by atoms with Crippen molar-refractivity contribution in [2.45, 2.75) is 11.4 Å². The number of nitrogens with two attached hydrogens (primary N) is 1. The SMILES string of the molecule is COc1ccc(Cn2cc(S(N)(=O)=O)cn2)cc1. The Labute approximate surface area is 105 Å². The Bertz CT molecular complexity index is 632. The molecule has 1 aromatic carbocycles. The molecule has 0 aliphatic heterocycles. The maximum atomic E-state index is 11.1. The molecule has 1 aromatic heterocycles. The molecule has 18 heavy (non-hydrogen) atoms. The molecule has 96 valence electrons. The van der Waals surface area contributed by atoms with Crippen molar-refractivity contribution in [2.24, 2.45) is 5.14 Å². The van der Waals surface area contributed by atoms with Gasteiger partial charge in [-0.2, -0.15) is 5.10 Å². The standard InChI is InChI=1S/C11H13N3O3S/c1-17-10-4-2-9(3-5-10)7-14-8-11(6-13-14)18(12,15)16/h2-6,8H,7H2,1H3,(H2,12,15,16). The van der Waals surface area contributed by atoms with Crippen LogP contribution in [0.1, 0.15) is 5.56 Å². The molecule has 0 fully saturated rings. The Kier molecular flexibility index (Phi) is 3.35. The quantitative estimate of drug-likeness (QED) is 0.878. The van der Waals surface area contributed by atoms with Gasteiger partial charge in [-0.05, 0) is 17.7 Å². The van der Waals surface area contributed by atoms with E-state index in [4.69, 9.17) is 9.88 Å². The highest BCUT2D eigenvalue weighted by molar-refractivity contribution is 7.89. The predicted molar refractivity (Wildman–Crippen MR) is 65.7 cm³/mol. The molecule has 2 aromatic rings. The molecule has 0 amide bonds. The van der Waals surface area contributed by atoms with E-state index >= 15 is 0 Å². The van der Waals surface area contributed by atoms with E-state index in [2.05, 4.69) is 5.10 Å². The average molecular weight is 267 g/mol. The van der Waals surface area contributed by atoms with E-state index in [0.29, 0.717) is 6.54 Å². The van der Waals surface area contributed by atoms with Gasteiger partial charge in [0.15, 0.2) is 0 Å². The van der Waals surface area contributed by atoms with Crippen molar-refractivity contribution in [2.75, 3.05) is 7.11 Å². The van der Waals surface area contributed by atoms with Crippen LogP contribution in [0.15, 0.2) is 41.6 Å². The second-order valence-corrected chi connectivity index (χ2v) is 5.33. The molecule has 1 heterocycles. The zero-order valence-electron chi connectivity index (χ0n) is 9.78. The van der Waals surface area contributed by atoms with Gasteiger partial charge in [-0.25, -0.2) is 13.6 Å². The highest BCUT2D eigenvalue weighted by atomic mass is 32.2. The van der Waals surface area contributed by atoms with Gasteiger partial charge in [-0.3, -0.25) is 4.68 Å². The molecule has 2 N–H and O–H groups in total. The summed E-state index contributed by atoms with van der Waals surface area (Å²) in [7, 11) is -2.09. The number of rotatable bonds is 4. The van der Waals surface area contributed by atoms with Gasteiger partial charge < -0.3 is 4.74 Å². The number of benzene rings is 1. The number of primary sulfonamides is 1. The van der Waals surface area contributed by atoms with Gasteiger partial charge in [0.05, 0.1) is 19.9 Å². The fourth-order valence-electron chi connectivity index (χ4n) is 1.50. The van der Waals surface area contributed by atoms with Crippen LogP contribution in [0.3, 0.4) is 0 Å². The first kappa shape index (κ1) is 12.6.